The molecule has 0 spiro atoms. The highest BCUT2D eigenvalue weighted by atomic mass is 16.7. The van der Waals surface area contributed by atoms with Gasteiger partial charge in [0.2, 0.25) is 18.6 Å². The van der Waals surface area contributed by atoms with Gasteiger partial charge in [0.05, 0.1) is 11.2 Å². The Labute approximate surface area is 167 Å². The van der Waals surface area contributed by atoms with Crippen LogP contribution in [0.1, 0.15) is 18.4 Å². The Bertz CT molecular complexity index is 1110. The molecular weight excluding hydrogens is 370 g/mol. The van der Waals surface area contributed by atoms with E-state index in [0.29, 0.717) is 36.6 Å². The van der Waals surface area contributed by atoms with Crippen molar-refractivity contribution < 1.29 is 19.1 Å². The van der Waals surface area contributed by atoms with Crippen molar-refractivity contribution in [3.05, 3.63) is 60.3 Å². The van der Waals surface area contributed by atoms with Crippen molar-refractivity contribution in [3.63, 3.8) is 0 Å². The fraction of sp³-hybridized carbons (Fsp3) is 0.227. The second-order valence-electron chi connectivity index (χ2n) is 7.13. The number of carbonyl (C=O) groups is 2. The van der Waals surface area contributed by atoms with Crippen molar-refractivity contribution in [2.24, 2.45) is 0 Å². The lowest BCUT2D eigenvalue weighted by molar-refractivity contribution is -0.133. The number of rotatable bonds is 4. The lowest BCUT2D eigenvalue weighted by atomic mass is 10.1. The first kappa shape index (κ1) is 17.5. The molecule has 1 saturated heterocycles. The summed E-state index contributed by atoms with van der Waals surface area (Å²) < 4.78 is 10.7. The number of anilines is 1. The Morgan fingerprint density at radius 2 is 2.00 bits per heavy atom. The highest BCUT2D eigenvalue weighted by molar-refractivity contribution is 6.04. The fourth-order valence-electron chi connectivity index (χ4n) is 3.86. The Morgan fingerprint density at radius 3 is 2.93 bits per heavy atom. The fourth-order valence-corrected chi connectivity index (χ4v) is 3.86. The number of ether oxygens (including phenoxy) is 2. The Hall–Kier alpha value is -3.61. The van der Waals surface area contributed by atoms with Gasteiger partial charge in [-0.25, -0.2) is 0 Å². The molecular formula is C22H19N3O4. The zero-order valence-corrected chi connectivity index (χ0v) is 15.6. The quantitative estimate of drug-likeness (QED) is 0.742. The third-order valence-electron chi connectivity index (χ3n) is 5.31. The van der Waals surface area contributed by atoms with Gasteiger partial charge in [-0.05, 0) is 36.2 Å². The molecule has 1 fully saturated rings. The van der Waals surface area contributed by atoms with E-state index < -0.39 is 6.04 Å². The van der Waals surface area contributed by atoms with E-state index in [-0.39, 0.29) is 18.6 Å². The molecule has 7 nitrogen and oxygen atoms in total. The van der Waals surface area contributed by atoms with Gasteiger partial charge in [0.15, 0.2) is 11.5 Å². The van der Waals surface area contributed by atoms with Crippen LogP contribution in [0.4, 0.5) is 5.69 Å². The van der Waals surface area contributed by atoms with E-state index in [0.717, 1.165) is 16.5 Å². The van der Waals surface area contributed by atoms with Gasteiger partial charge in [-0.1, -0.05) is 24.3 Å². The summed E-state index contributed by atoms with van der Waals surface area (Å²) >= 11 is 0. The van der Waals surface area contributed by atoms with Crippen LogP contribution in [0.3, 0.4) is 0 Å². The molecule has 2 aromatic carbocycles. The topological polar surface area (TPSA) is 80.8 Å². The Kier molecular flexibility index (Phi) is 4.27. The highest BCUT2D eigenvalue weighted by Gasteiger charge is 2.36. The average Bonchev–Trinajstić information content (AvgIpc) is 3.35. The summed E-state index contributed by atoms with van der Waals surface area (Å²) in [5.41, 5.74) is 2.28. The summed E-state index contributed by atoms with van der Waals surface area (Å²) in [7, 11) is 0. The van der Waals surface area contributed by atoms with Crippen LogP contribution in [-0.2, 0) is 16.1 Å². The number of fused-ring (bicyclic) bond motifs is 2. The number of benzene rings is 2. The average molecular weight is 389 g/mol. The minimum absolute atomic E-state index is 0.0288. The number of amides is 2. The summed E-state index contributed by atoms with van der Waals surface area (Å²) in [4.78, 5) is 31.5. The van der Waals surface area contributed by atoms with Crippen molar-refractivity contribution in [3.8, 4) is 11.5 Å². The molecule has 0 saturated carbocycles. The predicted molar refractivity (Wildman–Crippen MR) is 107 cm³/mol. The molecule has 146 valence electrons. The van der Waals surface area contributed by atoms with Gasteiger partial charge < -0.3 is 19.7 Å². The van der Waals surface area contributed by atoms with Gasteiger partial charge in [0, 0.05) is 24.5 Å². The molecule has 2 aliphatic rings. The van der Waals surface area contributed by atoms with Gasteiger partial charge in [-0.15, -0.1) is 0 Å². The number of likely N-dealkylation sites (tertiary alicyclic amines) is 1. The first-order valence-electron chi connectivity index (χ1n) is 9.52. The smallest absolute Gasteiger partial charge is 0.247 e. The highest BCUT2D eigenvalue weighted by Crippen LogP contribution is 2.34. The van der Waals surface area contributed by atoms with E-state index in [1.54, 1.807) is 11.1 Å². The van der Waals surface area contributed by atoms with Crippen LogP contribution in [0, 0.1) is 0 Å². The maximum Gasteiger partial charge on any atom is 0.247 e. The molecule has 5 rings (SSSR count). The minimum atomic E-state index is -0.521. The zero-order valence-electron chi connectivity index (χ0n) is 15.6. The normalized spacial score (nSPS) is 17.7. The third kappa shape index (κ3) is 3.24. The molecule has 1 N–H and O–H groups in total. The number of nitrogens with one attached hydrogen (secondary N) is 1. The molecule has 29 heavy (non-hydrogen) atoms. The van der Waals surface area contributed by atoms with Gasteiger partial charge in [-0.2, -0.15) is 0 Å². The van der Waals surface area contributed by atoms with E-state index >= 15 is 0 Å². The molecule has 2 aliphatic heterocycles. The van der Waals surface area contributed by atoms with Crippen LogP contribution in [0.2, 0.25) is 0 Å². The Morgan fingerprint density at radius 1 is 1.14 bits per heavy atom. The van der Waals surface area contributed by atoms with Gasteiger partial charge in [0.25, 0.3) is 0 Å². The molecule has 3 heterocycles. The lowest BCUT2D eigenvalue weighted by Gasteiger charge is -2.24. The van der Waals surface area contributed by atoms with Gasteiger partial charge in [-0.3, -0.25) is 14.6 Å². The maximum atomic E-state index is 13.0. The molecule has 1 unspecified atom stereocenters. The van der Waals surface area contributed by atoms with Crippen LogP contribution < -0.4 is 14.8 Å². The van der Waals surface area contributed by atoms with E-state index in [2.05, 4.69) is 10.3 Å². The number of hydrogen-bond donors (Lipinski definition) is 1. The Balaban J connectivity index is 1.36. The third-order valence-corrected chi connectivity index (χ3v) is 5.31. The minimum Gasteiger partial charge on any atom is -0.454 e. The molecule has 1 atom stereocenters. The van der Waals surface area contributed by atoms with Crippen LogP contribution in [-0.4, -0.2) is 34.5 Å². The molecule has 7 heteroatoms. The van der Waals surface area contributed by atoms with Crippen molar-refractivity contribution in [1.29, 1.82) is 0 Å². The van der Waals surface area contributed by atoms with E-state index in [1.807, 2.05) is 48.5 Å². The second-order valence-corrected chi connectivity index (χ2v) is 7.13. The number of carbonyl (C=O) groups excluding carboxylic acids is 2. The summed E-state index contributed by atoms with van der Waals surface area (Å²) in [6.45, 7) is 0.548. The van der Waals surface area contributed by atoms with Crippen LogP contribution in [0.5, 0.6) is 11.5 Å². The summed E-state index contributed by atoms with van der Waals surface area (Å²) in [5, 5.41) is 3.91. The first-order valence-corrected chi connectivity index (χ1v) is 9.52. The van der Waals surface area contributed by atoms with E-state index in [1.165, 1.54) is 0 Å². The van der Waals surface area contributed by atoms with Crippen molar-refractivity contribution in [2.75, 3.05) is 12.1 Å². The van der Waals surface area contributed by atoms with Gasteiger partial charge >= 0.3 is 0 Å². The van der Waals surface area contributed by atoms with Crippen LogP contribution in [0.15, 0.2) is 54.7 Å². The summed E-state index contributed by atoms with van der Waals surface area (Å²) in [6.07, 6.45) is 2.55. The second kappa shape index (κ2) is 7.09. The number of para-hydroxylation sites is 1. The molecule has 0 radical (unpaired) electrons. The standard InChI is InChI=1S/C22H19N3O4/c26-20-9-7-17(25(20)12-14-6-8-18-19(11-14)29-13-28-18)22(27)24-16-5-1-3-15-4-2-10-23-21(15)16/h1-6,8,10-11,17H,7,9,12-13H2,(H,24,27). The van der Waals surface area contributed by atoms with E-state index in [4.69, 9.17) is 9.47 Å². The summed E-state index contributed by atoms with van der Waals surface area (Å²) in [5.74, 6) is 1.13. The maximum absolute atomic E-state index is 13.0. The zero-order chi connectivity index (χ0) is 19.8. The molecule has 0 aliphatic carbocycles. The number of aromatic nitrogens is 1. The van der Waals surface area contributed by atoms with Gasteiger partial charge in [0.1, 0.15) is 6.04 Å². The van der Waals surface area contributed by atoms with E-state index in [9.17, 15) is 9.59 Å². The molecule has 2 amide bonds. The molecule has 0 bridgehead atoms. The van der Waals surface area contributed by atoms with Crippen LogP contribution >= 0.6 is 0 Å². The molecule has 3 aromatic rings. The monoisotopic (exact) mass is 389 g/mol. The van der Waals surface area contributed by atoms with Crippen molar-refractivity contribution >= 4 is 28.4 Å². The lowest BCUT2D eigenvalue weighted by Crippen LogP contribution is -2.41. The summed E-state index contributed by atoms with van der Waals surface area (Å²) in [6, 6.07) is 14.5. The van der Waals surface area contributed by atoms with Crippen LogP contribution in [0.25, 0.3) is 10.9 Å². The number of pyridine rings is 1. The molecule has 1 aromatic heterocycles. The number of nitrogens with zero attached hydrogens (tertiary/aromatic N) is 2. The number of hydrogen-bond acceptors (Lipinski definition) is 5. The predicted octanol–water partition coefficient (Wildman–Crippen LogP) is 3.09. The largest absolute Gasteiger partial charge is 0.454 e. The first-order chi connectivity index (χ1) is 14.2. The SMILES string of the molecule is O=C(Nc1cccc2cccnc12)C1CCC(=O)N1Cc1ccc2c(c1)OCO2. The van der Waals surface area contributed by atoms with Crippen molar-refractivity contribution in [1.82, 2.24) is 9.88 Å². The van der Waals surface area contributed by atoms with Crippen molar-refractivity contribution in [2.45, 2.75) is 25.4 Å².